The van der Waals surface area contributed by atoms with Crippen molar-refractivity contribution in [3.8, 4) is 12.3 Å². The first-order valence-electron chi connectivity index (χ1n) is 5.48. The van der Waals surface area contributed by atoms with E-state index in [-0.39, 0.29) is 12.3 Å². The summed E-state index contributed by atoms with van der Waals surface area (Å²) < 4.78 is 0. The van der Waals surface area contributed by atoms with Gasteiger partial charge in [0.15, 0.2) is 0 Å². The summed E-state index contributed by atoms with van der Waals surface area (Å²) in [7, 11) is 1.74. The van der Waals surface area contributed by atoms with Gasteiger partial charge in [0.1, 0.15) is 0 Å². The number of terminal acetylenes is 1. The number of hydrogen-bond donors (Lipinski definition) is 1. The summed E-state index contributed by atoms with van der Waals surface area (Å²) in [6.45, 7) is 0.626. The van der Waals surface area contributed by atoms with Crippen molar-refractivity contribution in [1.82, 2.24) is 9.88 Å². The molecule has 0 aliphatic carbocycles. The summed E-state index contributed by atoms with van der Waals surface area (Å²) in [4.78, 5) is 17.3. The van der Waals surface area contributed by atoms with Crippen LogP contribution in [0.3, 0.4) is 0 Å². The molecule has 4 heteroatoms. The van der Waals surface area contributed by atoms with Gasteiger partial charge in [-0.25, -0.2) is 0 Å². The van der Waals surface area contributed by atoms with Gasteiger partial charge in [0.05, 0.1) is 6.04 Å². The van der Waals surface area contributed by atoms with Gasteiger partial charge in [0.25, 0.3) is 0 Å². The average Bonchev–Trinajstić information content (AvgIpc) is 2.36. The fourth-order valence-electron chi connectivity index (χ4n) is 1.45. The van der Waals surface area contributed by atoms with Gasteiger partial charge in [-0.1, -0.05) is 0 Å². The Labute approximate surface area is 102 Å². The molecule has 90 valence electrons. The minimum Gasteiger partial charge on any atom is -0.344 e. The monoisotopic (exact) mass is 231 g/mol. The molecule has 0 saturated heterocycles. The third-order valence-corrected chi connectivity index (χ3v) is 2.52. The molecule has 0 saturated carbocycles. The highest BCUT2D eigenvalue weighted by molar-refractivity contribution is 5.81. The Kier molecular flexibility index (Phi) is 5.18. The van der Waals surface area contributed by atoms with E-state index < -0.39 is 6.04 Å². The van der Waals surface area contributed by atoms with Gasteiger partial charge >= 0.3 is 0 Å². The number of aromatic nitrogens is 1. The zero-order valence-corrected chi connectivity index (χ0v) is 9.97. The first kappa shape index (κ1) is 13.2. The van der Waals surface area contributed by atoms with E-state index in [2.05, 4.69) is 10.9 Å². The highest BCUT2D eigenvalue weighted by atomic mass is 16.2. The molecule has 4 nitrogen and oxygen atoms in total. The van der Waals surface area contributed by atoms with Crippen molar-refractivity contribution in [2.45, 2.75) is 18.9 Å². The normalized spacial score (nSPS) is 11.6. The highest BCUT2D eigenvalue weighted by Crippen LogP contribution is 2.00. The van der Waals surface area contributed by atoms with Gasteiger partial charge in [0, 0.05) is 32.4 Å². The molecule has 1 rings (SSSR count). The number of nitrogens with zero attached hydrogens (tertiary/aromatic N) is 2. The molecule has 0 radical (unpaired) electrons. The fourth-order valence-corrected chi connectivity index (χ4v) is 1.45. The third-order valence-electron chi connectivity index (χ3n) is 2.52. The quantitative estimate of drug-likeness (QED) is 0.748. The van der Waals surface area contributed by atoms with Crippen molar-refractivity contribution in [3.05, 3.63) is 30.1 Å². The third kappa shape index (κ3) is 4.25. The van der Waals surface area contributed by atoms with Crippen LogP contribution in [0.1, 0.15) is 12.0 Å². The Bertz CT molecular complexity index is 397. The number of pyridine rings is 1. The molecule has 0 aromatic carbocycles. The number of amides is 1. The van der Waals surface area contributed by atoms with E-state index in [1.54, 1.807) is 24.3 Å². The molecule has 0 spiro atoms. The number of hydrogen-bond acceptors (Lipinski definition) is 3. The lowest BCUT2D eigenvalue weighted by atomic mass is 10.1. The fraction of sp³-hybridized carbons (Fsp3) is 0.385. The first-order valence-corrected chi connectivity index (χ1v) is 5.48. The number of rotatable bonds is 5. The molecule has 2 N–H and O–H groups in total. The van der Waals surface area contributed by atoms with Crippen LogP contribution < -0.4 is 5.73 Å². The molecule has 0 aliphatic rings. The second kappa shape index (κ2) is 6.66. The standard InChI is InChI=1S/C13H17N3O/c1-3-4-12(14)13(17)16(2)10-7-11-5-8-15-9-6-11/h1,5-6,8-9,12H,4,7,10,14H2,2H3. The second-order valence-corrected chi connectivity index (χ2v) is 3.88. The van der Waals surface area contributed by atoms with E-state index in [1.807, 2.05) is 12.1 Å². The molecule has 1 aromatic rings. The predicted molar refractivity (Wildman–Crippen MR) is 67.0 cm³/mol. The van der Waals surface area contributed by atoms with Crippen LogP contribution in [0.15, 0.2) is 24.5 Å². The van der Waals surface area contributed by atoms with Gasteiger partial charge in [-0.2, -0.15) is 0 Å². The maximum Gasteiger partial charge on any atom is 0.240 e. The highest BCUT2D eigenvalue weighted by Gasteiger charge is 2.16. The van der Waals surface area contributed by atoms with Gasteiger partial charge in [-0.15, -0.1) is 12.3 Å². The van der Waals surface area contributed by atoms with E-state index in [4.69, 9.17) is 12.2 Å². The molecule has 1 unspecified atom stereocenters. The lowest BCUT2D eigenvalue weighted by Crippen LogP contribution is -2.42. The number of nitrogens with two attached hydrogens (primary N) is 1. The molecular formula is C13H17N3O. The number of carbonyl (C=O) groups is 1. The zero-order chi connectivity index (χ0) is 12.7. The van der Waals surface area contributed by atoms with Crippen molar-refractivity contribution in [2.75, 3.05) is 13.6 Å². The van der Waals surface area contributed by atoms with Crippen molar-refractivity contribution in [2.24, 2.45) is 5.73 Å². The summed E-state index contributed by atoms with van der Waals surface area (Å²) in [6.07, 6.45) is 9.66. The maximum absolute atomic E-state index is 11.7. The van der Waals surface area contributed by atoms with Crippen molar-refractivity contribution < 1.29 is 4.79 Å². The Morgan fingerprint density at radius 3 is 2.82 bits per heavy atom. The van der Waals surface area contributed by atoms with Gasteiger partial charge in [0.2, 0.25) is 5.91 Å². The average molecular weight is 231 g/mol. The van der Waals surface area contributed by atoms with Crippen LogP contribution in [0.25, 0.3) is 0 Å². The molecule has 1 aromatic heterocycles. The summed E-state index contributed by atoms with van der Waals surface area (Å²) >= 11 is 0. The zero-order valence-electron chi connectivity index (χ0n) is 9.97. The number of likely N-dealkylation sites (N-methyl/N-ethyl adjacent to an activating group) is 1. The summed E-state index contributed by atoms with van der Waals surface area (Å²) in [5, 5.41) is 0. The van der Waals surface area contributed by atoms with Crippen LogP contribution in [0.2, 0.25) is 0 Å². The lowest BCUT2D eigenvalue weighted by Gasteiger charge is -2.20. The van der Waals surface area contributed by atoms with Crippen molar-refractivity contribution in [3.63, 3.8) is 0 Å². The Morgan fingerprint density at radius 2 is 2.24 bits per heavy atom. The topological polar surface area (TPSA) is 59.2 Å². The molecule has 0 aliphatic heterocycles. The van der Waals surface area contributed by atoms with Crippen LogP contribution in [-0.4, -0.2) is 35.4 Å². The van der Waals surface area contributed by atoms with Crippen LogP contribution >= 0.6 is 0 Å². The summed E-state index contributed by atoms with van der Waals surface area (Å²) in [5.41, 5.74) is 6.80. The van der Waals surface area contributed by atoms with Gasteiger partial charge < -0.3 is 10.6 Å². The van der Waals surface area contributed by atoms with Gasteiger partial charge in [-0.3, -0.25) is 9.78 Å². The Balaban J connectivity index is 2.42. The SMILES string of the molecule is C#CCC(N)C(=O)N(C)CCc1ccncc1. The van der Waals surface area contributed by atoms with Crippen LogP contribution in [0.4, 0.5) is 0 Å². The maximum atomic E-state index is 11.7. The van der Waals surface area contributed by atoms with E-state index in [0.717, 1.165) is 12.0 Å². The largest absolute Gasteiger partial charge is 0.344 e. The predicted octanol–water partition coefficient (Wildman–Crippen LogP) is 0.433. The van der Waals surface area contributed by atoms with E-state index in [0.29, 0.717) is 6.54 Å². The van der Waals surface area contributed by atoms with Crippen molar-refractivity contribution in [1.29, 1.82) is 0 Å². The summed E-state index contributed by atoms with van der Waals surface area (Å²) in [6, 6.07) is 3.27. The number of carbonyl (C=O) groups excluding carboxylic acids is 1. The van der Waals surface area contributed by atoms with Crippen LogP contribution in [0, 0.1) is 12.3 Å². The molecular weight excluding hydrogens is 214 g/mol. The Hall–Kier alpha value is -1.86. The van der Waals surface area contributed by atoms with Crippen LogP contribution in [0.5, 0.6) is 0 Å². The molecule has 1 heterocycles. The molecule has 1 atom stereocenters. The molecule has 0 bridgehead atoms. The van der Waals surface area contributed by atoms with E-state index in [1.165, 1.54) is 0 Å². The lowest BCUT2D eigenvalue weighted by molar-refractivity contribution is -0.131. The minimum atomic E-state index is -0.595. The minimum absolute atomic E-state index is 0.114. The molecule has 17 heavy (non-hydrogen) atoms. The molecule has 1 amide bonds. The molecule has 0 fully saturated rings. The van der Waals surface area contributed by atoms with Gasteiger partial charge in [-0.05, 0) is 24.1 Å². The van der Waals surface area contributed by atoms with Crippen molar-refractivity contribution >= 4 is 5.91 Å². The Morgan fingerprint density at radius 1 is 1.59 bits per heavy atom. The smallest absolute Gasteiger partial charge is 0.240 e. The van der Waals surface area contributed by atoms with E-state index >= 15 is 0 Å². The first-order chi connectivity index (χ1) is 8.15. The van der Waals surface area contributed by atoms with Crippen LogP contribution in [-0.2, 0) is 11.2 Å². The van der Waals surface area contributed by atoms with E-state index in [9.17, 15) is 4.79 Å². The second-order valence-electron chi connectivity index (χ2n) is 3.88. The summed E-state index contributed by atoms with van der Waals surface area (Å²) in [5.74, 6) is 2.28.